The first-order valence-corrected chi connectivity index (χ1v) is 8.48. The van der Waals surface area contributed by atoms with Crippen LogP contribution < -0.4 is 0 Å². The number of fused-ring (bicyclic) bond motifs is 1. The van der Waals surface area contributed by atoms with Crippen LogP contribution in [0.4, 0.5) is 4.39 Å². The van der Waals surface area contributed by atoms with Gasteiger partial charge in [0.2, 0.25) is 0 Å². The van der Waals surface area contributed by atoms with Crippen LogP contribution in [-0.4, -0.2) is 10.2 Å². The third-order valence-electron chi connectivity index (χ3n) is 3.74. The highest BCUT2D eigenvalue weighted by Crippen LogP contribution is 2.29. The number of rotatable bonds is 4. The number of aromatic nitrogens is 2. The van der Waals surface area contributed by atoms with E-state index in [1.54, 1.807) is 18.2 Å². The summed E-state index contributed by atoms with van der Waals surface area (Å²) in [6, 6.07) is 20.8. The summed E-state index contributed by atoms with van der Waals surface area (Å²) >= 11 is 1.45. The van der Waals surface area contributed by atoms with Crippen molar-refractivity contribution in [2.45, 2.75) is 11.0 Å². The van der Waals surface area contributed by atoms with E-state index in [9.17, 15) is 4.39 Å². The van der Waals surface area contributed by atoms with Crippen molar-refractivity contribution >= 4 is 22.5 Å². The summed E-state index contributed by atoms with van der Waals surface area (Å²) in [7, 11) is 0. The molecule has 4 aromatic rings. The molecule has 0 fully saturated rings. The highest BCUT2D eigenvalue weighted by molar-refractivity contribution is 7.98. The molecule has 1 heterocycles. The van der Waals surface area contributed by atoms with Gasteiger partial charge in [0.05, 0.1) is 5.56 Å². The van der Waals surface area contributed by atoms with E-state index in [0.717, 1.165) is 0 Å². The van der Waals surface area contributed by atoms with Crippen LogP contribution in [0.3, 0.4) is 0 Å². The minimum atomic E-state index is -0.369. The first-order valence-electron chi connectivity index (χ1n) is 7.49. The van der Waals surface area contributed by atoms with Gasteiger partial charge < -0.3 is 4.42 Å². The van der Waals surface area contributed by atoms with Gasteiger partial charge in [-0.3, -0.25) is 0 Å². The Morgan fingerprint density at radius 2 is 1.67 bits per heavy atom. The van der Waals surface area contributed by atoms with E-state index in [0.29, 0.717) is 16.5 Å². The largest absolute Gasteiger partial charge is 0.411 e. The van der Waals surface area contributed by atoms with Crippen molar-refractivity contribution in [2.75, 3.05) is 0 Å². The van der Waals surface area contributed by atoms with Crippen LogP contribution in [0, 0.1) is 5.82 Å². The van der Waals surface area contributed by atoms with Gasteiger partial charge >= 0.3 is 0 Å². The molecule has 118 valence electrons. The molecule has 0 atom stereocenters. The van der Waals surface area contributed by atoms with E-state index >= 15 is 0 Å². The Labute approximate surface area is 142 Å². The Hall–Kier alpha value is -2.66. The Morgan fingerprint density at radius 1 is 0.875 bits per heavy atom. The van der Waals surface area contributed by atoms with Crippen molar-refractivity contribution in [1.29, 1.82) is 0 Å². The lowest BCUT2D eigenvalue weighted by Gasteiger charge is -2.04. The number of halogens is 1. The zero-order valence-electron chi connectivity index (χ0n) is 12.6. The SMILES string of the molecule is Fc1ccccc1-c1nnc(SCc2cccc3ccccc23)o1. The summed E-state index contributed by atoms with van der Waals surface area (Å²) in [6.45, 7) is 0. The molecule has 0 N–H and O–H groups in total. The lowest BCUT2D eigenvalue weighted by molar-refractivity contribution is 0.463. The molecule has 24 heavy (non-hydrogen) atoms. The molecule has 3 nitrogen and oxygen atoms in total. The fourth-order valence-electron chi connectivity index (χ4n) is 2.57. The minimum absolute atomic E-state index is 0.202. The predicted molar refractivity (Wildman–Crippen MR) is 93.2 cm³/mol. The van der Waals surface area contributed by atoms with Crippen LogP contribution in [0.25, 0.3) is 22.2 Å². The zero-order valence-corrected chi connectivity index (χ0v) is 13.5. The predicted octanol–water partition coefficient (Wildman–Crippen LogP) is 5.32. The molecular formula is C19H13FN2OS. The fourth-order valence-corrected chi connectivity index (χ4v) is 3.34. The molecular weight excluding hydrogens is 323 g/mol. The molecule has 0 bridgehead atoms. The number of hydrogen-bond donors (Lipinski definition) is 0. The molecule has 5 heteroatoms. The molecule has 0 aliphatic carbocycles. The van der Waals surface area contributed by atoms with E-state index < -0.39 is 0 Å². The molecule has 0 unspecified atom stereocenters. The van der Waals surface area contributed by atoms with Crippen molar-refractivity contribution in [3.05, 3.63) is 78.1 Å². The lowest BCUT2D eigenvalue weighted by atomic mass is 10.1. The van der Waals surface area contributed by atoms with Crippen molar-refractivity contribution in [1.82, 2.24) is 10.2 Å². The van der Waals surface area contributed by atoms with Gasteiger partial charge in [-0.15, -0.1) is 10.2 Å². The van der Waals surface area contributed by atoms with Crippen molar-refractivity contribution in [2.24, 2.45) is 0 Å². The molecule has 0 saturated carbocycles. The number of benzene rings is 3. The molecule has 3 aromatic carbocycles. The van der Waals surface area contributed by atoms with E-state index in [4.69, 9.17) is 4.42 Å². The van der Waals surface area contributed by atoms with Gasteiger partial charge in [-0.2, -0.15) is 0 Å². The average molecular weight is 336 g/mol. The Kier molecular flexibility index (Phi) is 4.01. The minimum Gasteiger partial charge on any atom is -0.411 e. The number of hydrogen-bond acceptors (Lipinski definition) is 4. The van der Waals surface area contributed by atoms with Crippen LogP contribution in [0.1, 0.15) is 5.56 Å². The van der Waals surface area contributed by atoms with E-state index in [1.807, 2.05) is 18.2 Å². The third-order valence-corrected chi connectivity index (χ3v) is 4.61. The number of thioether (sulfide) groups is 1. The Bertz CT molecular complexity index is 994. The van der Waals surface area contributed by atoms with Gasteiger partial charge in [-0.25, -0.2) is 4.39 Å². The van der Waals surface area contributed by atoms with Crippen LogP contribution in [0.2, 0.25) is 0 Å². The second kappa shape index (κ2) is 6.45. The van der Waals surface area contributed by atoms with Crippen LogP contribution in [0.15, 0.2) is 76.4 Å². The quantitative estimate of drug-likeness (QED) is 0.473. The molecule has 0 radical (unpaired) electrons. The first kappa shape index (κ1) is 14.9. The van der Waals surface area contributed by atoms with Gasteiger partial charge in [0.15, 0.2) is 0 Å². The Morgan fingerprint density at radius 3 is 2.58 bits per heavy atom. The van der Waals surface area contributed by atoms with Crippen LogP contribution in [-0.2, 0) is 5.75 Å². The molecule has 0 amide bonds. The first-order chi connectivity index (χ1) is 11.8. The fraction of sp³-hybridized carbons (Fsp3) is 0.0526. The second-order valence-corrected chi connectivity index (χ2v) is 6.21. The highest BCUT2D eigenvalue weighted by atomic mass is 32.2. The van der Waals surface area contributed by atoms with Crippen LogP contribution in [0.5, 0.6) is 0 Å². The normalized spacial score (nSPS) is 11.0. The molecule has 0 saturated heterocycles. The molecule has 4 rings (SSSR count). The van der Waals surface area contributed by atoms with Gasteiger partial charge in [-0.05, 0) is 28.5 Å². The second-order valence-electron chi connectivity index (χ2n) is 5.28. The van der Waals surface area contributed by atoms with E-state index in [2.05, 4.69) is 34.5 Å². The Balaban J connectivity index is 1.56. The topological polar surface area (TPSA) is 38.9 Å². The van der Waals surface area contributed by atoms with Crippen LogP contribution >= 0.6 is 11.8 Å². The van der Waals surface area contributed by atoms with E-state index in [1.165, 1.54) is 34.2 Å². The lowest BCUT2D eigenvalue weighted by Crippen LogP contribution is -1.84. The summed E-state index contributed by atoms with van der Waals surface area (Å²) in [5.41, 5.74) is 1.52. The summed E-state index contributed by atoms with van der Waals surface area (Å²) < 4.78 is 19.4. The standard InChI is InChI=1S/C19H13FN2OS/c20-17-11-4-3-10-16(17)18-21-22-19(23-18)24-12-14-8-5-7-13-6-1-2-9-15(13)14/h1-11H,12H2. The zero-order chi connectivity index (χ0) is 16.4. The number of nitrogens with zero attached hydrogens (tertiary/aromatic N) is 2. The summed E-state index contributed by atoms with van der Waals surface area (Å²) in [6.07, 6.45) is 0. The maximum atomic E-state index is 13.8. The van der Waals surface area contributed by atoms with Gasteiger partial charge in [0, 0.05) is 5.75 Å². The summed E-state index contributed by atoms with van der Waals surface area (Å²) in [5, 5.41) is 10.8. The van der Waals surface area contributed by atoms with Crippen molar-refractivity contribution in [3.8, 4) is 11.5 Å². The summed E-state index contributed by atoms with van der Waals surface area (Å²) in [5.74, 6) is 0.542. The van der Waals surface area contributed by atoms with Gasteiger partial charge in [-0.1, -0.05) is 66.4 Å². The summed E-state index contributed by atoms with van der Waals surface area (Å²) in [4.78, 5) is 0. The third kappa shape index (κ3) is 2.90. The smallest absolute Gasteiger partial charge is 0.277 e. The maximum absolute atomic E-state index is 13.8. The molecule has 0 spiro atoms. The highest BCUT2D eigenvalue weighted by Gasteiger charge is 2.13. The monoisotopic (exact) mass is 336 g/mol. The van der Waals surface area contributed by atoms with Gasteiger partial charge in [0.25, 0.3) is 11.1 Å². The maximum Gasteiger partial charge on any atom is 0.277 e. The van der Waals surface area contributed by atoms with Gasteiger partial charge in [0.1, 0.15) is 5.82 Å². The average Bonchev–Trinajstić information content (AvgIpc) is 3.09. The van der Waals surface area contributed by atoms with Crippen molar-refractivity contribution < 1.29 is 8.81 Å². The molecule has 0 aliphatic heterocycles. The molecule has 0 aliphatic rings. The van der Waals surface area contributed by atoms with Crippen molar-refractivity contribution in [3.63, 3.8) is 0 Å². The molecule has 1 aromatic heterocycles. The van der Waals surface area contributed by atoms with E-state index in [-0.39, 0.29) is 11.7 Å².